The van der Waals surface area contributed by atoms with E-state index in [1.165, 1.54) is 32.3 Å². The Hall–Kier alpha value is -2.95. The van der Waals surface area contributed by atoms with Gasteiger partial charge in [0.1, 0.15) is 0 Å². The van der Waals surface area contributed by atoms with Crippen molar-refractivity contribution in [1.82, 2.24) is 0 Å². The van der Waals surface area contributed by atoms with Crippen LogP contribution in [0.15, 0.2) is 83.8 Å². The molecule has 5 aromatic rings. The number of rotatable bonds is 0. The summed E-state index contributed by atoms with van der Waals surface area (Å²) in [6.07, 6.45) is 0. The molecule has 0 unspecified atom stereocenters. The van der Waals surface area contributed by atoms with Crippen molar-refractivity contribution in [2.45, 2.75) is 4.90 Å². The molecule has 0 N–H and O–H groups in total. The Morgan fingerprint density at radius 2 is 1.20 bits per heavy atom. The lowest BCUT2D eigenvalue weighted by Crippen LogP contribution is -1.86. The van der Waals surface area contributed by atoms with Gasteiger partial charge in [-0.05, 0) is 62.6 Å². The fourth-order valence-corrected chi connectivity index (χ4v) is 3.68. The van der Waals surface area contributed by atoms with Gasteiger partial charge in [0.15, 0.2) is 0 Å². The highest BCUT2D eigenvalue weighted by Gasteiger charge is 2.09. The van der Waals surface area contributed by atoms with E-state index in [9.17, 15) is 0 Å². The van der Waals surface area contributed by atoms with E-state index in [-0.39, 0.29) is 0 Å². The zero-order chi connectivity index (χ0) is 16.8. The van der Waals surface area contributed by atoms with E-state index in [0.717, 1.165) is 16.0 Å². The van der Waals surface area contributed by atoms with Gasteiger partial charge in [-0.2, -0.15) is 0 Å². The number of hydrogen-bond acceptors (Lipinski definition) is 1. The van der Waals surface area contributed by atoms with Crippen LogP contribution in [0.2, 0.25) is 0 Å². The maximum atomic E-state index is 4.32. The number of benzene rings is 5. The Morgan fingerprint density at radius 1 is 0.560 bits per heavy atom. The summed E-state index contributed by atoms with van der Waals surface area (Å²) in [5.74, 6) is 6.64. The highest BCUT2D eigenvalue weighted by atomic mass is 32.1. The van der Waals surface area contributed by atoms with Crippen molar-refractivity contribution >= 4 is 44.9 Å². The second-order valence-electron chi connectivity index (χ2n) is 6.27. The zero-order valence-corrected chi connectivity index (χ0v) is 14.3. The second kappa shape index (κ2) is 5.55. The van der Waals surface area contributed by atoms with Crippen LogP contribution in [0.4, 0.5) is 0 Å². The lowest BCUT2D eigenvalue weighted by molar-refractivity contribution is 1.46. The predicted octanol–water partition coefficient (Wildman–Crippen LogP) is 6.27. The van der Waals surface area contributed by atoms with Gasteiger partial charge in [-0.25, -0.2) is 0 Å². The van der Waals surface area contributed by atoms with E-state index in [4.69, 9.17) is 0 Å². The third-order valence-electron chi connectivity index (χ3n) is 4.74. The molecule has 0 saturated carbocycles. The molecule has 0 spiro atoms. The van der Waals surface area contributed by atoms with Crippen molar-refractivity contribution < 1.29 is 0 Å². The van der Waals surface area contributed by atoms with Crippen LogP contribution >= 0.6 is 12.6 Å². The third-order valence-corrected chi connectivity index (χ3v) is 5.04. The molecular formula is C24H14S. The smallest absolute Gasteiger partial charge is 0.0328 e. The standard InChI is InChI=1S/C24H14S/c25-21-13-5-16(6-14-21)4-7-17-8-9-20-11-10-18-2-1-3-19-12-15-22(17)24(20)23(18)19/h1-3,5-6,8-15,25H. The van der Waals surface area contributed by atoms with E-state index >= 15 is 0 Å². The lowest BCUT2D eigenvalue weighted by atomic mass is 9.92. The van der Waals surface area contributed by atoms with Crippen LogP contribution in [-0.2, 0) is 0 Å². The SMILES string of the molecule is Sc1ccc(C#Cc2ccc3ccc4cccc5ccc2c3c45)cc1. The van der Waals surface area contributed by atoms with Crippen molar-refractivity contribution in [2.75, 3.05) is 0 Å². The molecule has 0 atom stereocenters. The summed E-state index contributed by atoms with van der Waals surface area (Å²) in [7, 11) is 0. The molecular weight excluding hydrogens is 320 g/mol. The minimum Gasteiger partial charge on any atom is -0.143 e. The van der Waals surface area contributed by atoms with Crippen molar-refractivity contribution in [3.05, 3.63) is 90.0 Å². The Kier molecular flexibility index (Phi) is 3.20. The molecule has 0 radical (unpaired) electrons. The molecule has 1 heteroatoms. The average molecular weight is 334 g/mol. The molecule has 116 valence electrons. The summed E-state index contributed by atoms with van der Waals surface area (Å²) < 4.78 is 0. The quantitative estimate of drug-likeness (QED) is 0.192. The van der Waals surface area contributed by atoms with E-state index in [1.54, 1.807) is 0 Å². The average Bonchev–Trinajstić information content (AvgIpc) is 2.66. The van der Waals surface area contributed by atoms with Crippen molar-refractivity contribution in [2.24, 2.45) is 0 Å². The van der Waals surface area contributed by atoms with Gasteiger partial charge in [0.25, 0.3) is 0 Å². The zero-order valence-electron chi connectivity index (χ0n) is 13.5. The Morgan fingerprint density at radius 3 is 1.96 bits per heavy atom. The largest absolute Gasteiger partial charge is 0.143 e. The van der Waals surface area contributed by atoms with E-state index in [1.807, 2.05) is 24.3 Å². The third kappa shape index (κ3) is 2.35. The fraction of sp³-hybridized carbons (Fsp3) is 0. The summed E-state index contributed by atoms with van der Waals surface area (Å²) >= 11 is 4.32. The first kappa shape index (κ1) is 14.4. The maximum absolute atomic E-state index is 4.32. The molecule has 25 heavy (non-hydrogen) atoms. The highest BCUT2D eigenvalue weighted by molar-refractivity contribution is 7.80. The van der Waals surface area contributed by atoms with Crippen LogP contribution in [0.3, 0.4) is 0 Å². The molecule has 0 bridgehead atoms. The van der Waals surface area contributed by atoms with Crippen LogP contribution in [0.5, 0.6) is 0 Å². The Labute approximate surface area is 151 Å². The van der Waals surface area contributed by atoms with Crippen molar-refractivity contribution in [3.63, 3.8) is 0 Å². The minimum absolute atomic E-state index is 0.952. The van der Waals surface area contributed by atoms with Crippen LogP contribution < -0.4 is 0 Å². The molecule has 0 nitrogen and oxygen atoms in total. The van der Waals surface area contributed by atoms with E-state index in [2.05, 4.69) is 79.1 Å². The second-order valence-corrected chi connectivity index (χ2v) is 6.78. The molecule has 0 aromatic heterocycles. The molecule has 0 aliphatic heterocycles. The van der Waals surface area contributed by atoms with Crippen LogP contribution in [-0.4, -0.2) is 0 Å². The summed E-state index contributed by atoms with van der Waals surface area (Å²) in [5, 5.41) is 7.70. The molecule has 0 aliphatic carbocycles. The van der Waals surface area contributed by atoms with Crippen LogP contribution in [0.1, 0.15) is 11.1 Å². The first-order valence-corrected chi connectivity index (χ1v) is 8.72. The molecule has 5 aromatic carbocycles. The lowest BCUT2D eigenvalue weighted by Gasteiger charge is -2.11. The summed E-state index contributed by atoms with van der Waals surface area (Å²) in [6, 6.07) is 27.5. The van der Waals surface area contributed by atoms with Gasteiger partial charge in [-0.3, -0.25) is 0 Å². The van der Waals surface area contributed by atoms with Gasteiger partial charge < -0.3 is 0 Å². The summed E-state index contributed by atoms with van der Waals surface area (Å²) in [4.78, 5) is 0.952. The Balaban J connectivity index is 1.78. The highest BCUT2D eigenvalue weighted by Crippen LogP contribution is 2.35. The van der Waals surface area contributed by atoms with Gasteiger partial charge in [0.05, 0.1) is 0 Å². The summed E-state index contributed by atoms with van der Waals surface area (Å²) in [5.41, 5.74) is 2.07. The number of thiol groups is 1. The summed E-state index contributed by atoms with van der Waals surface area (Å²) in [6.45, 7) is 0. The number of hydrogen-bond donors (Lipinski definition) is 1. The van der Waals surface area contributed by atoms with E-state index < -0.39 is 0 Å². The van der Waals surface area contributed by atoms with Crippen LogP contribution in [0.25, 0.3) is 32.3 Å². The van der Waals surface area contributed by atoms with Gasteiger partial charge >= 0.3 is 0 Å². The first-order valence-electron chi connectivity index (χ1n) is 8.27. The normalized spacial score (nSPS) is 11.1. The van der Waals surface area contributed by atoms with Crippen molar-refractivity contribution in [3.8, 4) is 11.8 Å². The van der Waals surface area contributed by atoms with Gasteiger partial charge in [0, 0.05) is 16.0 Å². The van der Waals surface area contributed by atoms with Gasteiger partial charge in [0.2, 0.25) is 0 Å². The fourth-order valence-electron chi connectivity index (χ4n) is 3.53. The molecule has 0 amide bonds. The van der Waals surface area contributed by atoms with E-state index in [0.29, 0.717) is 0 Å². The maximum Gasteiger partial charge on any atom is 0.0328 e. The molecule has 0 aliphatic rings. The molecule has 0 heterocycles. The van der Waals surface area contributed by atoms with Gasteiger partial charge in [-0.15, -0.1) is 12.6 Å². The molecule has 5 rings (SSSR count). The topological polar surface area (TPSA) is 0 Å². The molecule has 0 fully saturated rings. The Bertz CT molecular complexity index is 1270. The monoisotopic (exact) mass is 334 g/mol. The van der Waals surface area contributed by atoms with Gasteiger partial charge in [-0.1, -0.05) is 60.4 Å². The minimum atomic E-state index is 0.952. The predicted molar refractivity (Wildman–Crippen MR) is 110 cm³/mol. The molecule has 0 saturated heterocycles. The van der Waals surface area contributed by atoms with Crippen LogP contribution in [0, 0.1) is 11.8 Å². The van der Waals surface area contributed by atoms with Crippen molar-refractivity contribution in [1.29, 1.82) is 0 Å². The first-order chi connectivity index (χ1) is 12.3.